The van der Waals surface area contributed by atoms with Gasteiger partial charge in [-0.2, -0.15) is 0 Å². The fourth-order valence-corrected chi connectivity index (χ4v) is 2.32. The molecule has 0 aromatic heterocycles. The fourth-order valence-electron chi connectivity index (χ4n) is 2.32. The number of rotatable bonds is 2. The van der Waals surface area contributed by atoms with E-state index in [2.05, 4.69) is 30.3 Å². The summed E-state index contributed by atoms with van der Waals surface area (Å²) in [6, 6.07) is 14.6. The van der Waals surface area contributed by atoms with Crippen molar-refractivity contribution in [1.82, 2.24) is 0 Å². The Balaban J connectivity index is 1.98. The number of primary amides is 1. The second-order valence-electron chi connectivity index (χ2n) is 4.46. The molecule has 16 heavy (non-hydrogen) atoms. The van der Waals surface area contributed by atoms with E-state index in [0.29, 0.717) is 5.92 Å². The highest BCUT2D eigenvalue weighted by molar-refractivity contribution is 5.85. The van der Waals surface area contributed by atoms with Crippen LogP contribution >= 0.6 is 0 Å². The largest absolute Gasteiger partial charge is 0.369 e. The molecule has 0 heterocycles. The molecule has 2 aromatic rings. The van der Waals surface area contributed by atoms with Gasteiger partial charge >= 0.3 is 0 Å². The summed E-state index contributed by atoms with van der Waals surface area (Å²) in [5, 5.41) is 2.47. The fraction of sp³-hybridized carbons (Fsp3) is 0.214. The van der Waals surface area contributed by atoms with Crippen molar-refractivity contribution in [3.63, 3.8) is 0 Å². The molecule has 80 valence electrons. The van der Waals surface area contributed by atoms with E-state index in [1.807, 2.05) is 12.1 Å². The SMILES string of the molecule is NC(=O)C1CC1c1ccc2ccccc2c1. The van der Waals surface area contributed by atoms with Gasteiger partial charge < -0.3 is 5.73 Å². The summed E-state index contributed by atoms with van der Waals surface area (Å²) < 4.78 is 0. The summed E-state index contributed by atoms with van der Waals surface area (Å²) in [6.45, 7) is 0. The predicted molar refractivity (Wildman–Crippen MR) is 64.0 cm³/mol. The molecule has 1 aliphatic carbocycles. The summed E-state index contributed by atoms with van der Waals surface area (Å²) >= 11 is 0. The van der Waals surface area contributed by atoms with Gasteiger partial charge in [-0.05, 0) is 28.7 Å². The number of hydrogen-bond acceptors (Lipinski definition) is 1. The van der Waals surface area contributed by atoms with Crippen LogP contribution in [0.1, 0.15) is 17.9 Å². The van der Waals surface area contributed by atoms with Crippen molar-refractivity contribution >= 4 is 16.7 Å². The smallest absolute Gasteiger partial charge is 0.221 e. The third-order valence-corrected chi connectivity index (χ3v) is 3.36. The zero-order chi connectivity index (χ0) is 11.1. The van der Waals surface area contributed by atoms with Crippen LogP contribution in [0.4, 0.5) is 0 Å². The van der Waals surface area contributed by atoms with E-state index in [4.69, 9.17) is 5.73 Å². The summed E-state index contributed by atoms with van der Waals surface area (Å²) in [7, 11) is 0. The van der Waals surface area contributed by atoms with Crippen LogP contribution < -0.4 is 5.73 Å². The minimum atomic E-state index is -0.168. The topological polar surface area (TPSA) is 43.1 Å². The second kappa shape index (κ2) is 3.34. The highest BCUT2D eigenvalue weighted by Crippen LogP contribution is 2.47. The molecule has 1 saturated carbocycles. The molecule has 3 rings (SSSR count). The van der Waals surface area contributed by atoms with Crippen LogP contribution in [0.5, 0.6) is 0 Å². The summed E-state index contributed by atoms with van der Waals surface area (Å²) in [5.74, 6) is 0.237. The Kier molecular flexibility index (Phi) is 1.96. The Morgan fingerprint density at radius 3 is 2.56 bits per heavy atom. The Bertz CT molecular complexity index is 561. The minimum Gasteiger partial charge on any atom is -0.369 e. The molecule has 0 bridgehead atoms. The number of hydrogen-bond donors (Lipinski definition) is 1. The first-order valence-corrected chi connectivity index (χ1v) is 5.54. The van der Waals surface area contributed by atoms with E-state index in [1.54, 1.807) is 0 Å². The zero-order valence-corrected chi connectivity index (χ0v) is 8.89. The lowest BCUT2D eigenvalue weighted by molar-refractivity contribution is -0.119. The van der Waals surface area contributed by atoms with Crippen molar-refractivity contribution in [1.29, 1.82) is 0 Å². The molecular weight excluding hydrogens is 198 g/mol. The van der Waals surface area contributed by atoms with Crippen LogP contribution in [-0.4, -0.2) is 5.91 Å². The van der Waals surface area contributed by atoms with E-state index in [-0.39, 0.29) is 11.8 Å². The summed E-state index contributed by atoms with van der Waals surface area (Å²) in [4.78, 5) is 11.0. The van der Waals surface area contributed by atoms with Gasteiger partial charge in [0.25, 0.3) is 0 Å². The third-order valence-electron chi connectivity index (χ3n) is 3.36. The van der Waals surface area contributed by atoms with Gasteiger partial charge in [0.2, 0.25) is 5.91 Å². The molecule has 2 atom stereocenters. The monoisotopic (exact) mass is 211 g/mol. The number of fused-ring (bicyclic) bond motifs is 1. The van der Waals surface area contributed by atoms with Crippen LogP contribution in [0, 0.1) is 5.92 Å². The van der Waals surface area contributed by atoms with Crippen LogP contribution in [0.25, 0.3) is 10.8 Å². The third kappa shape index (κ3) is 1.47. The Morgan fingerprint density at radius 2 is 1.88 bits per heavy atom. The highest BCUT2D eigenvalue weighted by atomic mass is 16.1. The van der Waals surface area contributed by atoms with Crippen LogP contribution in [0.2, 0.25) is 0 Å². The van der Waals surface area contributed by atoms with Crippen LogP contribution in [-0.2, 0) is 4.79 Å². The first-order chi connectivity index (χ1) is 7.75. The molecule has 1 amide bonds. The van der Waals surface area contributed by atoms with E-state index >= 15 is 0 Å². The molecule has 0 aliphatic heterocycles. The predicted octanol–water partition coefficient (Wildman–Crippen LogP) is 2.43. The maximum atomic E-state index is 11.0. The Labute approximate surface area is 94.1 Å². The number of carbonyl (C=O) groups is 1. The molecule has 0 saturated heterocycles. The quantitative estimate of drug-likeness (QED) is 0.814. The van der Waals surface area contributed by atoms with Crippen molar-refractivity contribution in [2.24, 2.45) is 11.7 Å². The zero-order valence-electron chi connectivity index (χ0n) is 8.89. The standard InChI is InChI=1S/C14H13NO/c15-14(16)13-8-12(13)11-6-5-9-3-1-2-4-10(9)7-11/h1-7,12-13H,8H2,(H2,15,16). The van der Waals surface area contributed by atoms with Gasteiger partial charge in [0.1, 0.15) is 0 Å². The van der Waals surface area contributed by atoms with E-state index < -0.39 is 0 Å². The number of carbonyl (C=O) groups excluding carboxylic acids is 1. The van der Waals surface area contributed by atoms with Gasteiger partial charge in [-0.15, -0.1) is 0 Å². The first-order valence-electron chi connectivity index (χ1n) is 5.54. The van der Waals surface area contributed by atoms with Crippen molar-refractivity contribution in [2.45, 2.75) is 12.3 Å². The van der Waals surface area contributed by atoms with Gasteiger partial charge in [-0.1, -0.05) is 42.5 Å². The van der Waals surface area contributed by atoms with E-state index in [1.165, 1.54) is 16.3 Å². The summed E-state index contributed by atoms with van der Waals surface area (Å²) in [5.41, 5.74) is 6.54. The van der Waals surface area contributed by atoms with Crippen molar-refractivity contribution in [2.75, 3.05) is 0 Å². The van der Waals surface area contributed by atoms with Gasteiger partial charge in [-0.25, -0.2) is 0 Å². The lowest BCUT2D eigenvalue weighted by Crippen LogP contribution is -2.13. The van der Waals surface area contributed by atoms with Gasteiger partial charge in [0.15, 0.2) is 0 Å². The van der Waals surface area contributed by atoms with Crippen molar-refractivity contribution < 1.29 is 4.79 Å². The minimum absolute atomic E-state index is 0.0566. The molecule has 1 fully saturated rings. The molecule has 0 spiro atoms. The molecule has 0 radical (unpaired) electrons. The number of benzene rings is 2. The van der Waals surface area contributed by atoms with Gasteiger partial charge in [0.05, 0.1) is 0 Å². The molecule has 2 N–H and O–H groups in total. The second-order valence-corrected chi connectivity index (χ2v) is 4.46. The Hall–Kier alpha value is -1.83. The first kappa shape index (κ1) is 9.40. The maximum Gasteiger partial charge on any atom is 0.221 e. The molecule has 1 aliphatic rings. The molecule has 2 aromatic carbocycles. The van der Waals surface area contributed by atoms with Crippen molar-refractivity contribution in [3.8, 4) is 0 Å². The lowest BCUT2D eigenvalue weighted by atomic mass is 10.0. The van der Waals surface area contributed by atoms with E-state index in [9.17, 15) is 4.79 Å². The molecule has 2 unspecified atom stereocenters. The average molecular weight is 211 g/mol. The van der Waals surface area contributed by atoms with Gasteiger partial charge in [0, 0.05) is 5.92 Å². The molecule has 2 heteroatoms. The Morgan fingerprint density at radius 1 is 1.12 bits per heavy atom. The van der Waals surface area contributed by atoms with Crippen molar-refractivity contribution in [3.05, 3.63) is 48.0 Å². The van der Waals surface area contributed by atoms with Crippen LogP contribution in [0.3, 0.4) is 0 Å². The molecule has 2 nitrogen and oxygen atoms in total. The highest BCUT2D eigenvalue weighted by Gasteiger charge is 2.42. The molecular formula is C14H13NO. The number of nitrogens with two attached hydrogens (primary N) is 1. The lowest BCUT2D eigenvalue weighted by Gasteiger charge is -2.02. The summed E-state index contributed by atoms with van der Waals surface area (Å²) in [6.07, 6.45) is 0.910. The normalized spacial score (nSPS) is 23.2. The average Bonchev–Trinajstić information content (AvgIpc) is 3.08. The maximum absolute atomic E-state index is 11.0. The van der Waals surface area contributed by atoms with E-state index in [0.717, 1.165) is 6.42 Å². The van der Waals surface area contributed by atoms with Gasteiger partial charge in [-0.3, -0.25) is 4.79 Å². The van der Waals surface area contributed by atoms with Crippen LogP contribution in [0.15, 0.2) is 42.5 Å². The number of amides is 1.